The van der Waals surface area contributed by atoms with E-state index in [0.717, 1.165) is 18.4 Å². The van der Waals surface area contributed by atoms with Gasteiger partial charge in [-0.05, 0) is 74.7 Å². The lowest BCUT2D eigenvalue weighted by Gasteiger charge is -2.50. The first-order valence-electron chi connectivity index (χ1n) is 11.6. The molecular formula is C28H31NO3S. The zero-order valence-electron chi connectivity index (χ0n) is 19.5. The molecule has 0 saturated carbocycles. The second kappa shape index (κ2) is 8.39. The van der Waals surface area contributed by atoms with Crippen molar-refractivity contribution < 1.29 is 12.6 Å². The van der Waals surface area contributed by atoms with Crippen LogP contribution in [-0.2, 0) is 19.7 Å². The van der Waals surface area contributed by atoms with E-state index in [1.54, 1.807) is 12.1 Å². The summed E-state index contributed by atoms with van der Waals surface area (Å²) in [5.41, 5.74) is 6.20. The van der Waals surface area contributed by atoms with E-state index < -0.39 is 16.2 Å². The van der Waals surface area contributed by atoms with Gasteiger partial charge in [-0.1, -0.05) is 66.2 Å². The molecule has 172 valence electrons. The summed E-state index contributed by atoms with van der Waals surface area (Å²) >= 11 is 0. The van der Waals surface area contributed by atoms with E-state index in [2.05, 4.69) is 48.5 Å². The molecule has 0 fully saturated rings. The van der Waals surface area contributed by atoms with Gasteiger partial charge >= 0.3 is 0 Å². The highest BCUT2D eigenvalue weighted by atomic mass is 32.2. The monoisotopic (exact) mass is 461 g/mol. The third-order valence-electron chi connectivity index (χ3n) is 7.28. The Bertz CT molecular complexity index is 1220. The Morgan fingerprint density at radius 3 is 2.09 bits per heavy atom. The fourth-order valence-corrected chi connectivity index (χ4v) is 7.01. The van der Waals surface area contributed by atoms with Crippen molar-refractivity contribution in [2.75, 3.05) is 20.6 Å². The maximum Gasteiger partial charge on any atom is 0.297 e. The number of aryl methyl sites for hydroxylation is 1. The maximum absolute atomic E-state index is 13.2. The third kappa shape index (κ3) is 3.92. The van der Waals surface area contributed by atoms with Crippen molar-refractivity contribution in [3.63, 3.8) is 0 Å². The SMILES string of the molecule is Cc1ccc(S(=O)(=O)OC(CN(C)C)CC23CCC(c4ccccc42)c2ccccc23)cc1. The Balaban J connectivity index is 1.56. The average Bonchev–Trinajstić information content (AvgIpc) is 2.79. The van der Waals surface area contributed by atoms with E-state index >= 15 is 0 Å². The predicted octanol–water partition coefficient (Wildman–Crippen LogP) is 5.25. The van der Waals surface area contributed by atoms with Crippen molar-refractivity contribution in [3.8, 4) is 0 Å². The summed E-state index contributed by atoms with van der Waals surface area (Å²) in [5.74, 6) is 0.420. The Kier molecular flexibility index (Phi) is 5.68. The fraction of sp³-hybridized carbons (Fsp3) is 0.357. The van der Waals surface area contributed by atoms with Crippen LogP contribution in [0.2, 0.25) is 0 Å². The Morgan fingerprint density at radius 2 is 1.52 bits per heavy atom. The van der Waals surface area contributed by atoms with Crippen molar-refractivity contribution in [2.45, 2.75) is 48.5 Å². The number of benzene rings is 3. The molecule has 4 nitrogen and oxygen atoms in total. The van der Waals surface area contributed by atoms with Gasteiger partial charge in [0.15, 0.2) is 0 Å². The number of rotatable bonds is 7. The molecule has 33 heavy (non-hydrogen) atoms. The molecule has 0 spiro atoms. The van der Waals surface area contributed by atoms with Crippen molar-refractivity contribution in [2.24, 2.45) is 0 Å². The molecule has 6 rings (SSSR count). The number of fused-ring (bicyclic) bond motifs is 1. The number of hydrogen-bond donors (Lipinski definition) is 0. The molecule has 0 radical (unpaired) electrons. The van der Waals surface area contributed by atoms with E-state index in [-0.39, 0.29) is 10.3 Å². The van der Waals surface area contributed by atoms with Crippen LogP contribution >= 0.6 is 0 Å². The number of hydrogen-bond acceptors (Lipinski definition) is 4. The lowest BCUT2D eigenvalue weighted by molar-refractivity contribution is 0.128. The van der Waals surface area contributed by atoms with E-state index in [0.29, 0.717) is 18.9 Å². The lowest BCUT2D eigenvalue weighted by atomic mass is 9.53. The summed E-state index contributed by atoms with van der Waals surface area (Å²) < 4.78 is 32.4. The topological polar surface area (TPSA) is 46.6 Å². The molecule has 3 aromatic carbocycles. The smallest absolute Gasteiger partial charge is 0.297 e. The van der Waals surface area contributed by atoms with Gasteiger partial charge in [0.25, 0.3) is 10.1 Å². The highest BCUT2D eigenvalue weighted by Crippen LogP contribution is 2.58. The first kappa shape index (κ1) is 22.3. The van der Waals surface area contributed by atoms with Gasteiger partial charge in [0, 0.05) is 17.9 Å². The van der Waals surface area contributed by atoms with Gasteiger partial charge in [0.05, 0.1) is 11.0 Å². The zero-order chi connectivity index (χ0) is 23.2. The molecule has 3 aliphatic rings. The molecule has 5 heteroatoms. The normalized spacial score (nSPS) is 22.1. The Labute approximate surface area is 197 Å². The first-order chi connectivity index (χ1) is 15.8. The summed E-state index contributed by atoms with van der Waals surface area (Å²) in [6.07, 6.45) is 2.23. The molecule has 3 aliphatic carbocycles. The van der Waals surface area contributed by atoms with Crippen LogP contribution in [0.15, 0.2) is 77.7 Å². The van der Waals surface area contributed by atoms with Crippen LogP contribution in [0.25, 0.3) is 0 Å². The highest BCUT2D eigenvalue weighted by molar-refractivity contribution is 7.86. The van der Waals surface area contributed by atoms with Crippen molar-refractivity contribution in [1.29, 1.82) is 0 Å². The van der Waals surface area contributed by atoms with Gasteiger partial charge < -0.3 is 4.90 Å². The largest absolute Gasteiger partial charge is 0.307 e. The van der Waals surface area contributed by atoms with E-state index in [1.807, 2.05) is 38.1 Å². The summed E-state index contributed by atoms with van der Waals surface area (Å²) in [5, 5.41) is 0. The molecule has 0 aromatic heterocycles. The molecule has 3 aromatic rings. The second-order valence-corrected chi connectivity index (χ2v) is 11.4. The van der Waals surface area contributed by atoms with Crippen LogP contribution in [0.4, 0.5) is 0 Å². The quantitative estimate of drug-likeness (QED) is 0.451. The molecular weight excluding hydrogens is 430 g/mol. The fourth-order valence-electron chi connectivity index (χ4n) is 5.94. The first-order valence-corrected chi connectivity index (χ1v) is 13.0. The zero-order valence-corrected chi connectivity index (χ0v) is 20.3. The maximum atomic E-state index is 13.2. The molecule has 0 N–H and O–H groups in total. The second-order valence-electron chi connectivity index (χ2n) is 9.80. The third-order valence-corrected chi connectivity index (χ3v) is 8.66. The predicted molar refractivity (Wildman–Crippen MR) is 131 cm³/mol. The Hall–Kier alpha value is -2.47. The van der Waals surface area contributed by atoms with Gasteiger partial charge in [-0.3, -0.25) is 4.18 Å². The van der Waals surface area contributed by atoms with Crippen molar-refractivity contribution in [3.05, 3.63) is 101 Å². The molecule has 0 aliphatic heterocycles. The van der Waals surface area contributed by atoms with Crippen LogP contribution in [-0.4, -0.2) is 40.1 Å². The van der Waals surface area contributed by atoms with E-state index in [9.17, 15) is 8.42 Å². The van der Waals surface area contributed by atoms with E-state index in [4.69, 9.17) is 4.18 Å². The van der Waals surface area contributed by atoms with Crippen molar-refractivity contribution >= 4 is 10.1 Å². The standard InChI is InChI=1S/C28H31NO3S/c1-20-12-14-22(15-13-20)33(30,31)32-21(19-29(2)3)18-28-17-16-23(24-8-4-6-10-26(24)28)25-9-5-7-11-27(25)28/h4-15,21,23H,16-19H2,1-3H3. The minimum absolute atomic E-state index is 0.211. The summed E-state index contributed by atoms with van der Waals surface area (Å²) in [6, 6.07) is 24.3. The molecule has 0 saturated heterocycles. The molecule has 2 bridgehead atoms. The summed E-state index contributed by atoms with van der Waals surface area (Å²) in [7, 11) is 0.0527. The summed E-state index contributed by atoms with van der Waals surface area (Å²) in [6.45, 7) is 2.47. The van der Waals surface area contributed by atoms with Crippen LogP contribution < -0.4 is 0 Å². The van der Waals surface area contributed by atoms with E-state index in [1.165, 1.54) is 22.3 Å². The van der Waals surface area contributed by atoms with Crippen molar-refractivity contribution in [1.82, 2.24) is 4.90 Å². The molecule has 1 unspecified atom stereocenters. The van der Waals surface area contributed by atoms with Crippen LogP contribution in [0.1, 0.15) is 53.0 Å². The minimum Gasteiger partial charge on any atom is -0.307 e. The van der Waals surface area contributed by atoms with Gasteiger partial charge in [-0.2, -0.15) is 8.42 Å². The Morgan fingerprint density at radius 1 is 0.939 bits per heavy atom. The van der Waals surface area contributed by atoms with Crippen LogP contribution in [0.5, 0.6) is 0 Å². The van der Waals surface area contributed by atoms with Gasteiger partial charge in [0.1, 0.15) is 0 Å². The van der Waals surface area contributed by atoms with Crippen LogP contribution in [0, 0.1) is 6.92 Å². The average molecular weight is 462 g/mol. The molecule has 1 atom stereocenters. The number of nitrogens with zero attached hydrogens (tertiary/aromatic N) is 1. The highest BCUT2D eigenvalue weighted by Gasteiger charge is 2.49. The molecule has 0 heterocycles. The van der Waals surface area contributed by atoms with Gasteiger partial charge in [-0.15, -0.1) is 0 Å². The van der Waals surface area contributed by atoms with Gasteiger partial charge in [0.2, 0.25) is 0 Å². The number of likely N-dealkylation sites (N-methyl/N-ethyl adjacent to an activating group) is 1. The lowest BCUT2D eigenvalue weighted by Crippen LogP contribution is -2.45. The molecule has 0 amide bonds. The summed E-state index contributed by atoms with van der Waals surface area (Å²) in [4.78, 5) is 2.22. The minimum atomic E-state index is -3.88. The van der Waals surface area contributed by atoms with Crippen LogP contribution in [0.3, 0.4) is 0 Å². The van der Waals surface area contributed by atoms with Gasteiger partial charge in [-0.25, -0.2) is 0 Å².